The van der Waals surface area contributed by atoms with Gasteiger partial charge in [-0.3, -0.25) is 9.59 Å². The highest BCUT2D eigenvalue weighted by Gasteiger charge is 2.15. The Morgan fingerprint density at radius 3 is 2.41 bits per heavy atom. The molecule has 5 heteroatoms. The van der Waals surface area contributed by atoms with E-state index in [0.717, 1.165) is 12.8 Å². The molecule has 3 N–H and O–H groups in total. The largest absolute Gasteiger partial charge is 0.481 e. The normalized spacial score (nSPS) is 14.1. The second-order valence-corrected chi connectivity index (χ2v) is 4.34. The van der Waals surface area contributed by atoms with Crippen LogP contribution in [0, 0.1) is 0 Å². The lowest BCUT2D eigenvalue weighted by Crippen LogP contribution is -2.43. The molecule has 0 aliphatic rings. The molecule has 0 aliphatic carbocycles. The van der Waals surface area contributed by atoms with Crippen molar-refractivity contribution >= 4 is 11.9 Å². The maximum Gasteiger partial charge on any atom is 0.305 e. The summed E-state index contributed by atoms with van der Waals surface area (Å²) in [5.41, 5.74) is 0. The van der Waals surface area contributed by atoms with Gasteiger partial charge in [-0.1, -0.05) is 20.3 Å². The van der Waals surface area contributed by atoms with Crippen molar-refractivity contribution in [1.29, 1.82) is 0 Å². The minimum absolute atomic E-state index is 0.0110. The number of carbonyl (C=O) groups excluding carboxylic acids is 1. The van der Waals surface area contributed by atoms with E-state index in [1.165, 1.54) is 0 Å². The zero-order chi connectivity index (χ0) is 13.3. The van der Waals surface area contributed by atoms with Gasteiger partial charge in [0.1, 0.15) is 0 Å². The summed E-state index contributed by atoms with van der Waals surface area (Å²) in [5, 5.41) is 14.5. The molecular weight excluding hydrogens is 220 g/mol. The average molecular weight is 244 g/mol. The molecule has 0 saturated carbocycles. The topological polar surface area (TPSA) is 78.4 Å². The first-order valence-electron chi connectivity index (χ1n) is 6.24. The summed E-state index contributed by atoms with van der Waals surface area (Å²) >= 11 is 0. The molecule has 0 saturated heterocycles. The Morgan fingerprint density at radius 2 is 1.94 bits per heavy atom. The summed E-state index contributed by atoms with van der Waals surface area (Å²) in [4.78, 5) is 22.2. The predicted molar refractivity (Wildman–Crippen MR) is 66.8 cm³/mol. The molecule has 2 unspecified atom stereocenters. The third kappa shape index (κ3) is 8.68. The van der Waals surface area contributed by atoms with E-state index < -0.39 is 5.97 Å². The smallest absolute Gasteiger partial charge is 0.305 e. The van der Waals surface area contributed by atoms with Crippen molar-refractivity contribution in [3.63, 3.8) is 0 Å². The van der Waals surface area contributed by atoms with Crippen molar-refractivity contribution in [2.45, 2.75) is 58.5 Å². The first-order valence-corrected chi connectivity index (χ1v) is 6.24. The second kappa shape index (κ2) is 8.98. The lowest BCUT2D eigenvalue weighted by atomic mass is 10.1. The van der Waals surface area contributed by atoms with Crippen molar-refractivity contribution in [2.24, 2.45) is 0 Å². The van der Waals surface area contributed by atoms with Gasteiger partial charge in [-0.05, 0) is 19.8 Å². The number of hydrogen-bond acceptors (Lipinski definition) is 3. The first-order chi connectivity index (χ1) is 7.99. The van der Waals surface area contributed by atoms with Gasteiger partial charge in [0, 0.05) is 12.1 Å². The number of carboxylic acid groups (broad SMARTS) is 1. The van der Waals surface area contributed by atoms with Crippen LogP contribution in [0.25, 0.3) is 0 Å². The lowest BCUT2D eigenvalue weighted by molar-refractivity contribution is -0.137. The fourth-order valence-electron chi connectivity index (χ4n) is 1.47. The summed E-state index contributed by atoms with van der Waals surface area (Å²) in [6.07, 6.45) is 2.50. The molecule has 0 aromatic rings. The molecule has 0 aromatic heterocycles. The molecule has 0 radical (unpaired) electrons. The van der Waals surface area contributed by atoms with E-state index in [-0.39, 0.29) is 24.9 Å². The van der Waals surface area contributed by atoms with E-state index in [1.54, 1.807) is 0 Å². The minimum atomic E-state index is -0.876. The van der Waals surface area contributed by atoms with Gasteiger partial charge in [0.25, 0.3) is 0 Å². The van der Waals surface area contributed by atoms with Crippen molar-refractivity contribution in [1.82, 2.24) is 10.6 Å². The molecule has 0 rings (SSSR count). The highest BCUT2D eigenvalue weighted by molar-refractivity contribution is 5.79. The Balaban J connectivity index is 3.98. The van der Waals surface area contributed by atoms with E-state index in [1.807, 2.05) is 20.8 Å². The number of carboxylic acids is 1. The quantitative estimate of drug-likeness (QED) is 0.568. The van der Waals surface area contributed by atoms with Gasteiger partial charge in [0.15, 0.2) is 0 Å². The predicted octanol–water partition coefficient (Wildman–Crippen LogP) is 1.13. The number of hydrogen-bond donors (Lipinski definition) is 3. The molecule has 100 valence electrons. The van der Waals surface area contributed by atoms with Crippen LogP contribution in [0.15, 0.2) is 0 Å². The number of aliphatic carboxylic acids is 1. The molecular formula is C12H24N2O3. The van der Waals surface area contributed by atoms with Crippen molar-refractivity contribution in [3.05, 3.63) is 0 Å². The molecule has 0 aromatic carbocycles. The second-order valence-electron chi connectivity index (χ2n) is 4.34. The average Bonchev–Trinajstić information content (AvgIpc) is 2.25. The van der Waals surface area contributed by atoms with E-state index in [9.17, 15) is 9.59 Å². The Hall–Kier alpha value is -1.10. The number of carbonyl (C=O) groups is 2. The summed E-state index contributed by atoms with van der Waals surface area (Å²) in [6, 6.07) is 0.0357. The van der Waals surface area contributed by atoms with Crippen LogP contribution in [0.2, 0.25) is 0 Å². The molecule has 0 heterocycles. The Bertz CT molecular complexity index is 244. The van der Waals surface area contributed by atoms with Crippen LogP contribution in [-0.4, -0.2) is 35.6 Å². The van der Waals surface area contributed by atoms with Gasteiger partial charge in [-0.2, -0.15) is 0 Å². The molecule has 17 heavy (non-hydrogen) atoms. The maximum absolute atomic E-state index is 11.6. The van der Waals surface area contributed by atoms with Crippen LogP contribution >= 0.6 is 0 Å². The fourth-order valence-corrected chi connectivity index (χ4v) is 1.47. The molecule has 1 amide bonds. The highest BCUT2D eigenvalue weighted by atomic mass is 16.4. The molecule has 5 nitrogen and oxygen atoms in total. The van der Waals surface area contributed by atoms with Gasteiger partial charge < -0.3 is 15.7 Å². The Morgan fingerprint density at radius 1 is 1.29 bits per heavy atom. The van der Waals surface area contributed by atoms with Gasteiger partial charge in [0.2, 0.25) is 5.91 Å². The van der Waals surface area contributed by atoms with Crippen molar-refractivity contribution in [3.8, 4) is 0 Å². The van der Waals surface area contributed by atoms with Crippen molar-refractivity contribution in [2.75, 3.05) is 6.54 Å². The Labute approximate surface area is 103 Å². The molecule has 2 atom stereocenters. The van der Waals surface area contributed by atoms with Crippen LogP contribution in [-0.2, 0) is 9.59 Å². The fraction of sp³-hybridized carbons (Fsp3) is 0.833. The molecule has 0 bridgehead atoms. The number of nitrogens with one attached hydrogen (secondary N) is 2. The minimum Gasteiger partial charge on any atom is -0.481 e. The summed E-state index contributed by atoms with van der Waals surface area (Å²) in [5.74, 6) is -1.01. The summed E-state index contributed by atoms with van der Waals surface area (Å²) in [7, 11) is 0. The van der Waals surface area contributed by atoms with Gasteiger partial charge >= 0.3 is 5.97 Å². The van der Waals surface area contributed by atoms with E-state index >= 15 is 0 Å². The maximum atomic E-state index is 11.6. The lowest BCUT2D eigenvalue weighted by Gasteiger charge is -2.17. The third-order valence-electron chi connectivity index (χ3n) is 2.65. The van der Waals surface area contributed by atoms with Crippen molar-refractivity contribution < 1.29 is 14.7 Å². The summed E-state index contributed by atoms with van der Waals surface area (Å²) in [6.45, 7) is 6.27. The van der Waals surface area contributed by atoms with E-state index in [4.69, 9.17) is 5.11 Å². The van der Waals surface area contributed by atoms with Crippen LogP contribution < -0.4 is 10.6 Å². The van der Waals surface area contributed by atoms with Crippen LogP contribution in [0.1, 0.15) is 46.5 Å². The molecule has 0 fully saturated rings. The highest BCUT2D eigenvalue weighted by Crippen LogP contribution is 2.01. The van der Waals surface area contributed by atoms with Gasteiger partial charge in [0.05, 0.1) is 13.0 Å². The molecule has 0 spiro atoms. The van der Waals surface area contributed by atoms with Crippen LogP contribution in [0.3, 0.4) is 0 Å². The number of amides is 1. The summed E-state index contributed by atoms with van der Waals surface area (Å²) < 4.78 is 0. The van der Waals surface area contributed by atoms with Crippen LogP contribution in [0.4, 0.5) is 0 Å². The molecule has 0 aliphatic heterocycles. The van der Waals surface area contributed by atoms with E-state index in [2.05, 4.69) is 10.6 Å². The first kappa shape index (κ1) is 15.9. The third-order valence-corrected chi connectivity index (χ3v) is 2.65. The monoisotopic (exact) mass is 244 g/mol. The van der Waals surface area contributed by atoms with E-state index in [0.29, 0.717) is 12.5 Å². The zero-order valence-electron chi connectivity index (χ0n) is 11.0. The number of rotatable bonds is 9. The van der Waals surface area contributed by atoms with Gasteiger partial charge in [-0.25, -0.2) is 0 Å². The zero-order valence-corrected chi connectivity index (χ0v) is 11.0. The van der Waals surface area contributed by atoms with Gasteiger partial charge in [-0.15, -0.1) is 0 Å². The van der Waals surface area contributed by atoms with Crippen LogP contribution in [0.5, 0.6) is 0 Å². The SMILES string of the molecule is CCCC(CC(=O)O)NC(=O)CNC(C)CC. The Kier molecular flexibility index (Phi) is 8.40. The standard InChI is InChI=1S/C12H24N2O3/c1-4-6-10(7-12(16)17)14-11(15)8-13-9(3)5-2/h9-10,13H,4-8H2,1-3H3,(H,14,15)(H,16,17).